The maximum atomic E-state index is 14.1. The predicted molar refractivity (Wildman–Crippen MR) is 91.6 cm³/mol. The molecule has 0 aliphatic carbocycles. The van der Waals surface area contributed by atoms with E-state index in [4.69, 9.17) is 0 Å². The Labute approximate surface area is 154 Å². The lowest BCUT2D eigenvalue weighted by Gasteiger charge is -2.07. The van der Waals surface area contributed by atoms with Crippen LogP contribution >= 0.6 is 11.3 Å². The third-order valence-corrected chi connectivity index (χ3v) is 4.79. The molecule has 10 heteroatoms. The number of aromatic nitrogens is 5. The molecule has 0 amide bonds. The second-order valence-electron chi connectivity index (χ2n) is 5.79. The van der Waals surface area contributed by atoms with Gasteiger partial charge in [-0.05, 0) is 30.7 Å². The SMILES string of the molecule is Cc1nnc(Cn2nc(F)c3ncc(-c4ccc(F)c(C(F)F)c4)cc32)s1. The molecule has 0 unspecified atom stereocenters. The van der Waals surface area contributed by atoms with Crippen LogP contribution in [0.2, 0.25) is 0 Å². The number of benzene rings is 1. The number of fused-ring (bicyclic) bond motifs is 1. The predicted octanol–water partition coefficient (Wildman–Crippen LogP) is 4.52. The third kappa shape index (κ3) is 3.27. The average molecular weight is 393 g/mol. The molecule has 0 spiro atoms. The van der Waals surface area contributed by atoms with Gasteiger partial charge in [0.15, 0.2) is 0 Å². The van der Waals surface area contributed by atoms with Crippen molar-refractivity contribution in [1.82, 2.24) is 25.0 Å². The van der Waals surface area contributed by atoms with Gasteiger partial charge in [-0.3, -0.25) is 4.68 Å². The number of hydrogen-bond donors (Lipinski definition) is 0. The Kier molecular flexibility index (Phi) is 4.34. The van der Waals surface area contributed by atoms with E-state index in [9.17, 15) is 17.6 Å². The Hall–Kier alpha value is -2.88. The minimum Gasteiger partial charge on any atom is -0.253 e. The van der Waals surface area contributed by atoms with E-state index in [-0.39, 0.29) is 12.1 Å². The van der Waals surface area contributed by atoms with Gasteiger partial charge in [-0.25, -0.2) is 18.2 Å². The highest BCUT2D eigenvalue weighted by Crippen LogP contribution is 2.30. The molecule has 0 aliphatic heterocycles. The number of aryl methyl sites for hydroxylation is 1. The summed E-state index contributed by atoms with van der Waals surface area (Å²) in [7, 11) is 0. The first kappa shape index (κ1) is 17.5. The molecule has 4 rings (SSSR count). The second kappa shape index (κ2) is 6.69. The largest absolute Gasteiger partial charge is 0.266 e. The van der Waals surface area contributed by atoms with Crippen LogP contribution in [0.25, 0.3) is 22.2 Å². The Bertz CT molecular complexity index is 1140. The van der Waals surface area contributed by atoms with Gasteiger partial charge in [-0.15, -0.1) is 15.3 Å². The lowest BCUT2D eigenvalue weighted by atomic mass is 10.0. The molecule has 0 bridgehead atoms. The topological polar surface area (TPSA) is 56.5 Å². The van der Waals surface area contributed by atoms with Crippen molar-refractivity contribution in [2.45, 2.75) is 19.9 Å². The molecule has 3 aromatic heterocycles. The fraction of sp³-hybridized carbons (Fsp3) is 0.176. The second-order valence-corrected chi connectivity index (χ2v) is 7.06. The van der Waals surface area contributed by atoms with Crippen molar-refractivity contribution < 1.29 is 17.6 Å². The standard InChI is InChI=1S/C17H11F4N5S/c1-8-23-24-14(27-8)7-26-13-5-10(6-22-15(13)17(21)25-26)9-2-3-12(18)11(4-9)16(19)20/h2-6,16H,7H2,1H3. The quantitative estimate of drug-likeness (QED) is 0.479. The molecule has 0 N–H and O–H groups in total. The van der Waals surface area contributed by atoms with Crippen molar-refractivity contribution in [2.24, 2.45) is 0 Å². The molecule has 138 valence electrons. The maximum Gasteiger partial charge on any atom is 0.266 e. The Morgan fingerprint density at radius 2 is 1.93 bits per heavy atom. The van der Waals surface area contributed by atoms with E-state index < -0.39 is 23.8 Å². The van der Waals surface area contributed by atoms with Crippen LogP contribution in [-0.4, -0.2) is 25.0 Å². The van der Waals surface area contributed by atoms with Crippen LogP contribution in [0, 0.1) is 18.7 Å². The zero-order valence-corrected chi connectivity index (χ0v) is 14.6. The zero-order valence-electron chi connectivity index (χ0n) is 13.8. The van der Waals surface area contributed by atoms with Crippen molar-refractivity contribution >= 4 is 22.4 Å². The number of hydrogen-bond acceptors (Lipinski definition) is 5. The van der Waals surface area contributed by atoms with E-state index in [2.05, 4.69) is 20.3 Å². The Morgan fingerprint density at radius 3 is 2.63 bits per heavy atom. The molecule has 3 heterocycles. The van der Waals surface area contributed by atoms with Gasteiger partial charge in [0.2, 0.25) is 0 Å². The smallest absolute Gasteiger partial charge is 0.253 e. The van der Waals surface area contributed by atoms with E-state index in [1.165, 1.54) is 28.3 Å². The van der Waals surface area contributed by atoms with Gasteiger partial charge in [0, 0.05) is 11.8 Å². The Balaban J connectivity index is 1.79. The van der Waals surface area contributed by atoms with Crippen molar-refractivity contribution in [3.63, 3.8) is 0 Å². The van der Waals surface area contributed by atoms with Crippen LogP contribution in [0.3, 0.4) is 0 Å². The molecular weight excluding hydrogens is 382 g/mol. The lowest BCUT2D eigenvalue weighted by molar-refractivity contribution is 0.146. The van der Waals surface area contributed by atoms with E-state index in [1.807, 2.05) is 0 Å². The summed E-state index contributed by atoms with van der Waals surface area (Å²) in [5, 5.41) is 13.1. The molecule has 0 aliphatic rings. The molecule has 0 fully saturated rings. The highest BCUT2D eigenvalue weighted by atomic mass is 32.1. The van der Waals surface area contributed by atoms with Gasteiger partial charge < -0.3 is 0 Å². The summed E-state index contributed by atoms with van der Waals surface area (Å²) in [4.78, 5) is 4.05. The van der Waals surface area contributed by atoms with Gasteiger partial charge in [-0.1, -0.05) is 17.4 Å². The number of alkyl halides is 2. The Morgan fingerprint density at radius 1 is 1.11 bits per heavy atom. The van der Waals surface area contributed by atoms with Crippen LogP contribution in [0.15, 0.2) is 30.5 Å². The first-order valence-electron chi connectivity index (χ1n) is 7.81. The van der Waals surface area contributed by atoms with Crippen molar-refractivity contribution in [2.75, 3.05) is 0 Å². The highest BCUT2D eigenvalue weighted by Gasteiger charge is 2.17. The minimum absolute atomic E-state index is 0.0520. The van der Waals surface area contributed by atoms with Gasteiger partial charge in [0.05, 0.1) is 17.6 Å². The zero-order chi connectivity index (χ0) is 19.1. The minimum atomic E-state index is -2.94. The van der Waals surface area contributed by atoms with Gasteiger partial charge in [-0.2, -0.15) is 4.39 Å². The van der Waals surface area contributed by atoms with Crippen LogP contribution in [0.5, 0.6) is 0 Å². The van der Waals surface area contributed by atoms with Crippen molar-refractivity contribution in [3.05, 3.63) is 57.8 Å². The van der Waals surface area contributed by atoms with Crippen molar-refractivity contribution in [1.29, 1.82) is 0 Å². The summed E-state index contributed by atoms with van der Waals surface area (Å²) in [6.07, 6.45) is -1.60. The molecule has 5 nitrogen and oxygen atoms in total. The van der Waals surface area contributed by atoms with Gasteiger partial charge >= 0.3 is 0 Å². The molecule has 4 aromatic rings. The van der Waals surface area contributed by atoms with Crippen LogP contribution in [-0.2, 0) is 6.54 Å². The van der Waals surface area contributed by atoms with E-state index in [0.29, 0.717) is 21.7 Å². The average Bonchev–Trinajstić information content (AvgIpc) is 3.18. The summed E-state index contributed by atoms with van der Waals surface area (Å²) in [5.74, 6) is -1.73. The molecule has 0 saturated heterocycles. The number of halogens is 4. The van der Waals surface area contributed by atoms with Crippen molar-refractivity contribution in [3.8, 4) is 11.1 Å². The number of pyridine rings is 1. The molecule has 0 saturated carbocycles. The normalized spacial score (nSPS) is 11.6. The fourth-order valence-corrected chi connectivity index (χ4v) is 3.41. The maximum absolute atomic E-state index is 14.1. The summed E-state index contributed by atoms with van der Waals surface area (Å²) in [6.45, 7) is 2.00. The van der Waals surface area contributed by atoms with Crippen LogP contribution in [0.1, 0.15) is 22.0 Å². The first-order chi connectivity index (χ1) is 12.9. The van der Waals surface area contributed by atoms with Crippen LogP contribution in [0.4, 0.5) is 17.6 Å². The molecule has 0 radical (unpaired) electrons. The van der Waals surface area contributed by atoms with E-state index in [0.717, 1.165) is 17.1 Å². The third-order valence-electron chi connectivity index (χ3n) is 3.97. The number of nitrogens with zero attached hydrogens (tertiary/aromatic N) is 5. The lowest BCUT2D eigenvalue weighted by Crippen LogP contribution is -2.02. The molecule has 1 aromatic carbocycles. The van der Waals surface area contributed by atoms with E-state index in [1.54, 1.807) is 13.0 Å². The molecule has 27 heavy (non-hydrogen) atoms. The molecular formula is C17H11F4N5S. The molecule has 0 atom stereocenters. The van der Waals surface area contributed by atoms with Gasteiger partial charge in [0.25, 0.3) is 12.4 Å². The van der Waals surface area contributed by atoms with Crippen LogP contribution < -0.4 is 0 Å². The summed E-state index contributed by atoms with van der Waals surface area (Å²) in [5.41, 5.74) is 0.522. The monoisotopic (exact) mass is 393 g/mol. The first-order valence-corrected chi connectivity index (χ1v) is 8.63. The summed E-state index contributed by atoms with van der Waals surface area (Å²) < 4.78 is 54.9. The fourth-order valence-electron chi connectivity index (χ4n) is 2.71. The summed E-state index contributed by atoms with van der Waals surface area (Å²) in [6, 6.07) is 4.99. The van der Waals surface area contributed by atoms with Gasteiger partial charge in [0.1, 0.15) is 21.3 Å². The van der Waals surface area contributed by atoms with E-state index >= 15 is 0 Å². The number of rotatable bonds is 4. The summed E-state index contributed by atoms with van der Waals surface area (Å²) >= 11 is 1.36. The highest BCUT2D eigenvalue weighted by molar-refractivity contribution is 7.11.